The minimum atomic E-state index is -0.542. The number of phenols is 1. The molecule has 140 valence electrons. The molecule has 2 N–H and O–H groups in total. The number of aromatic hydroxyl groups is 1. The van der Waals surface area contributed by atoms with Gasteiger partial charge in [-0.25, -0.2) is 19.7 Å². The lowest BCUT2D eigenvalue weighted by Gasteiger charge is -2.05. The van der Waals surface area contributed by atoms with Gasteiger partial charge in [-0.15, -0.1) is 0 Å². The van der Waals surface area contributed by atoms with Gasteiger partial charge in [0.1, 0.15) is 23.6 Å². The molecule has 0 bridgehead atoms. The largest absolute Gasteiger partial charge is 0.504 e. The maximum absolute atomic E-state index is 11.5. The van der Waals surface area contributed by atoms with Crippen LogP contribution in [-0.4, -0.2) is 40.2 Å². The number of nitrogens with one attached hydrogen (secondary N) is 1. The van der Waals surface area contributed by atoms with E-state index in [1.54, 1.807) is 19.1 Å². The number of benzene rings is 1. The second kappa shape index (κ2) is 7.73. The quantitative estimate of drug-likeness (QED) is 0.631. The van der Waals surface area contributed by atoms with Crippen molar-refractivity contribution in [2.45, 2.75) is 13.5 Å². The fraction of sp³-hybridized carbons (Fsp3) is 0.222. The number of carbonyl (C=O) groups is 1. The molecule has 0 aliphatic heterocycles. The Morgan fingerprint density at radius 3 is 2.78 bits per heavy atom. The molecule has 0 radical (unpaired) electrons. The Hall–Kier alpha value is -3.62. The van der Waals surface area contributed by atoms with Gasteiger partial charge in [0.05, 0.1) is 20.8 Å². The molecule has 9 nitrogen and oxygen atoms in total. The van der Waals surface area contributed by atoms with Gasteiger partial charge in [-0.05, 0) is 25.1 Å². The number of oxazole rings is 1. The third-order valence-electron chi connectivity index (χ3n) is 3.82. The highest BCUT2D eigenvalue weighted by atomic mass is 16.5. The van der Waals surface area contributed by atoms with Gasteiger partial charge in [0.15, 0.2) is 17.2 Å². The molecule has 0 saturated carbocycles. The van der Waals surface area contributed by atoms with Crippen molar-refractivity contribution in [2.75, 3.05) is 19.5 Å². The number of hydrogen-bond donors (Lipinski definition) is 2. The van der Waals surface area contributed by atoms with Crippen LogP contribution in [0.4, 0.5) is 5.82 Å². The van der Waals surface area contributed by atoms with E-state index in [0.29, 0.717) is 41.0 Å². The molecule has 0 spiro atoms. The van der Waals surface area contributed by atoms with E-state index in [0.717, 1.165) is 0 Å². The zero-order chi connectivity index (χ0) is 19.4. The first kappa shape index (κ1) is 18.2. The minimum Gasteiger partial charge on any atom is -0.504 e. The van der Waals surface area contributed by atoms with Gasteiger partial charge in [0.2, 0.25) is 5.89 Å². The van der Waals surface area contributed by atoms with E-state index in [9.17, 15) is 9.90 Å². The second-order valence-electron chi connectivity index (χ2n) is 5.54. The van der Waals surface area contributed by atoms with Crippen molar-refractivity contribution in [2.24, 2.45) is 0 Å². The third-order valence-corrected chi connectivity index (χ3v) is 3.82. The molecule has 0 saturated heterocycles. The lowest BCUT2D eigenvalue weighted by atomic mass is 10.2. The number of carbonyl (C=O) groups excluding carboxylic acids is 1. The molecule has 9 heteroatoms. The molecular formula is C18H18N4O5. The highest BCUT2D eigenvalue weighted by Gasteiger charge is 2.14. The number of aromatic nitrogens is 3. The normalized spacial score (nSPS) is 10.5. The number of hydrogen-bond acceptors (Lipinski definition) is 9. The fourth-order valence-corrected chi connectivity index (χ4v) is 2.38. The van der Waals surface area contributed by atoms with Gasteiger partial charge in [0.25, 0.3) is 0 Å². The smallest absolute Gasteiger partial charge is 0.356 e. The van der Waals surface area contributed by atoms with Crippen LogP contribution in [0.2, 0.25) is 0 Å². The van der Waals surface area contributed by atoms with Crippen molar-refractivity contribution in [3.05, 3.63) is 47.7 Å². The average Bonchev–Trinajstić information content (AvgIpc) is 3.06. The molecule has 0 aliphatic rings. The zero-order valence-electron chi connectivity index (χ0n) is 15.0. The molecule has 0 fully saturated rings. The van der Waals surface area contributed by atoms with Gasteiger partial charge in [0, 0.05) is 11.6 Å². The van der Waals surface area contributed by atoms with Crippen LogP contribution in [0.1, 0.15) is 21.9 Å². The number of phenolic OH excluding ortho intramolecular Hbond substituents is 1. The van der Waals surface area contributed by atoms with E-state index in [2.05, 4.69) is 25.0 Å². The summed E-state index contributed by atoms with van der Waals surface area (Å²) in [6.45, 7) is 2.12. The maximum Gasteiger partial charge on any atom is 0.356 e. The molecule has 0 amide bonds. The highest BCUT2D eigenvalue weighted by Crippen LogP contribution is 2.31. The number of aryl methyl sites for hydroxylation is 1. The molecule has 2 aromatic heterocycles. The van der Waals surface area contributed by atoms with Gasteiger partial charge in [-0.3, -0.25) is 0 Å². The van der Waals surface area contributed by atoms with Crippen LogP contribution in [0.3, 0.4) is 0 Å². The standard InChI is InChI=1S/C18H18N4O5/c1-10-13(8-19-16-7-12(18(24)26-3)20-9-21-16)22-17(27-10)11-4-5-15(25-2)14(23)6-11/h4-7,9,23H,8H2,1-3H3,(H,19,20,21). The predicted molar refractivity (Wildman–Crippen MR) is 95.6 cm³/mol. The lowest BCUT2D eigenvalue weighted by Crippen LogP contribution is -2.08. The number of anilines is 1. The summed E-state index contributed by atoms with van der Waals surface area (Å²) >= 11 is 0. The first-order valence-electron chi connectivity index (χ1n) is 7.99. The lowest BCUT2D eigenvalue weighted by molar-refractivity contribution is 0.0594. The number of nitrogens with zero attached hydrogens (tertiary/aromatic N) is 3. The molecule has 0 atom stereocenters. The molecule has 3 aromatic rings. The minimum absolute atomic E-state index is 0.00172. The van der Waals surface area contributed by atoms with Crippen LogP contribution in [0.5, 0.6) is 11.5 Å². The summed E-state index contributed by atoms with van der Waals surface area (Å²) in [7, 11) is 2.77. The van der Waals surface area contributed by atoms with E-state index >= 15 is 0 Å². The van der Waals surface area contributed by atoms with E-state index < -0.39 is 5.97 Å². The summed E-state index contributed by atoms with van der Waals surface area (Å²) in [6.07, 6.45) is 1.27. The van der Waals surface area contributed by atoms with E-state index in [-0.39, 0.29) is 11.4 Å². The summed E-state index contributed by atoms with van der Waals surface area (Å²) in [5, 5.41) is 13.0. The number of rotatable bonds is 6. The molecule has 0 unspecified atom stereocenters. The van der Waals surface area contributed by atoms with Gasteiger partial charge < -0.3 is 24.3 Å². The van der Waals surface area contributed by atoms with Gasteiger partial charge in [-0.1, -0.05) is 0 Å². The summed E-state index contributed by atoms with van der Waals surface area (Å²) in [5.41, 5.74) is 1.44. The average molecular weight is 370 g/mol. The molecule has 3 rings (SSSR count). The summed E-state index contributed by atoms with van der Waals surface area (Å²) in [4.78, 5) is 23.9. The molecule has 0 aliphatic carbocycles. The van der Waals surface area contributed by atoms with Crippen molar-refractivity contribution in [3.63, 3.8) is 0 Å². The number of methoxy groups -OCH3 is 2. The highest BCUT2D eigenvalue weighted by molar-refractivity contribution is 5.87. The summed E-state index contributed by atoms with van der Waals surface area (Å²) in [6, 6.07) is 6.39. The monoisotopic (exact) mass is 370 g/mol. The third kappa shape index (κ3) is 3.97. The van der Waals surface area contributed by atoms with E-state index in [1.165, 1.54) is 32.7 Å². The Kier molecular flexibility index (Phi) is 5.20. The first-order chi connectivity index (χ1) is 13.0. The van der Waals surface area contributed by atoms with Crippen LogP contribution in [0.25, 0.3) is 11.5 Å². The SMILES string of the molecule is COC(=O)c1cc(NCc2nc(-c3ccc(OC)c(O)c3)oc2C)ncn1. The number of ether oxygens (including phenoxy) is 2. The zero-order valence-corrected chi connectivity index (χ0v) is 15.0. The molecule has 2 heterocycles. The molecular weight excluding hydrogens is 352 g/mol. The Balaban J connectivity index is 1.76. The van der Waals surface area contributed by atoms with Crippen LogP contribution in [0, 0.1) is 6.92 Å². The summed E-state index contributed by atoms with van der Waals surface area (Å²) < 4.78 is 15.4. The first-order valence-corrected chi connectivity index (χ1v) is 7.99. The Morgan fingerprint density at radius 1 is 1.26 bits per heavy atom. The fourth-order valence-electron chi connectivity index (χ4n) is 2.38. The Labute approximate surface area is 155 Å². The van der Waals surface area contributed by atoms with Crippen molar-refractivity contribution in [3.8, 4) is 23.0 Å². The van der Waals surface area contributed by atoms with Crippen LogP contribution in [0.15, 0.2) is 35.0 Å². The molecule has 1 aromatic carbocycles. The van der Waals surface area contributed by atoms with Gasteiger partial charge in [-0.2, -0.15) is 0 Å². The van der Waals surface area contributed by atoms with E-state index in [4.69, 9.17) is 9.15 Å². The molecule has 27 heavy (non-hydrogen) atoms. The number of esters is 1. The maximum atomic E-state index is 11.5. The van der Waals surface area contributed by atoms with Gasteiger partial charge >= 0.3 is 5.97 Å². The van der Waals surface area contributed by atoms with E-state index in [1.807, 2.05) is 0 Å². The van der Waals surface area contributed by atoms with Crippen molar-refractivity contribution < 1.29 is 23.8 Å². The van der Waals surface area contributed by atoms with Crippen LogP contribution < -0.4 is 10.1 Å². The van der Waals surface area contributed by atoms with Crippen molar-refractivity contribution in [1.29, 1.82) is 0 Å². The van der Waals surface area contributed by atoms with Crippen LogP contribution in [-0.2, 0) is 11.3 Å². The Bertz CT molecular complexity index is 970. The summed E-state index contributed by atoms with van der Waals surface area (Å²) in [5.74, 6) is 1.28. The Morgan fingerprint density at radius 2 is 2.07 bits per heavy atom. The topological polar surface area (TPSA) is 120 Å². The van der Waals surface area contributed by atoms with Crippen LogP contribution >= 0.6 is 0 Å². The predicted octanol–water partition coefficient (Wildman–Crippen LogP) is 2.55. The van der Waals surface area contributed by atoms with Crippen molar-refractivity contribution >= 4 is 11.8 Å². The van der Waals surface area contributed by atoms with Crippen molar-refractivity contribution in [1.82, 2.24) is 15.0 Å². The second-order valence-corrected chi connectivity index (χ2v) is 5.54.